The van der Waals surface area contributed by atoms with E-state index in [1.807, 2.05) is 0 Å². The molecule has 24 heavy (non-hydrogen) atoms. The van der Waals surface area contributed by atoms with Gasteiger partial charge < -0.3 is 24.8 Å². The summed E-state index contributed by atoms with van der Waals surface area (Å²) in [6, 6.07) is 24.0. The minimum absolute atomic E-state index is 0. The summed E-state index contributed by atoms with van der Waals surface area (Å²) in [5.41, 5.74) is 8.45. The summed E-state index contributed by atoms with van der Waals surface area (Å²) in [4.78, 5) is 0. The third-order valence-electron chi connectivity index (χ3n) is 3.82. The fourth-order valence-electron chi connectivity index (χ4n) is 2.98. The second-order valence-corrected chi connectivity index (χ2v) is 6.57. The Morgan fingerprint density at radius 2 is 1.38 bits per heavy atom. The summed E-state index contributed by atoms with van der Waals surface area (Å²) in [6.07, 6.45) is 1.06. The van der Waals surface area contributed by atoms with Crippen molar-refractivity contribution >= 4 is 9.52 Å². The molecule has 122 valence electrons. The van der Waals surface area contributed by atoms with E-state index in [9.17, 15) is 0 Å². The summed E-state index contributed by atoms with van der Waals surface area (Å²) in [7, 11) is 0.750. The second-order valence-electron chi connectivity index (χ2n) is 5.42. The zero-order valence-electron chi connectivity index (χ0n) is 13.9. The topological polar surface area (TPSA) is 0 Å². The summed E-state index contributed by atoms with van der Waals surface area (Å²) in [5.74, 6) is 0. The molecule has 4 rings (SSSR count). The van der Waals surface area contributed by atoms with E-state index in [0.29, 0.717) is 0 Å². The van der Waals surface area contributed by atoms with E-state index in [0.717, 1.165) is 15.9 Å². The monoisotopic (exact) mass is 448 g/mol. The Morgan fingerprint density at radius 1 is 0.792 bits per heavy atom. The molecule has 0 atom stereocenters. The van der Waals surface area contributed by atoms with Gasteiger partial charge in [0.15, 0.2) is 0 Å². The number of rotatable bonds is 1. The molecule has 3 aromatic rings. The van der Waals surface area contributed by atoms with Gasteiger partial charge >= 0.3 is 26.2 Å². The van der Waals surface area contributed by atoms with E-state index in [-0.39, 0.29) is 51.0 Å². The number of halogens is 2. The first kappa shape index (κ1) is 23.5. The minimum atomic E-state index is 0. The summed E-state index contributed by atoms with van der Waals surface area (Å²) >= 11 is 0. The molecule has 0 unspecified atom stereocenters. The Kier molecular flexibility index (Phi) is 10.9. The predicted octanol–water partition coefficient (Wildman–Crippen LogP) is -0.832. The van der Waals surface area contributed by atoms with Crippen LogP contribution in [0.3, 0.4) is 0 Å². The van der Waals surface area contributed by atoms with Gasteiger partial charge in [0.1, 0.15) is 0 Å². The fraction of sp³-hybridized carbons (Fsp3) is 0.150. The molecule has 3 aromatic carbocycles. The van der Waals surface area contributed by atoms with Crippen LogP contribution in [0, 0.1) is 0 Å². The van der Waals surface area contributed by atoms with Gasteiger partial charge in [-0.2, -0.15) is 12.1 Å². The average molecular weight is 451 g/mol. The van der Waals surface area contributed by atoms with Crippen LogP contribution >= 0.6 is 0 Å². The van der Waals surface area contributed by atoms with Crippen molar-refractivity contribution in [1.82, 2.24) is 0 Å². The summed E-state index contributed by atoms with van der Waals surface area (Å²) in [5, 5.41) is 0. The van der Waals surface area contributed by atoms with Gasteiger partial charge in [0.25, 0.3) is 0 Å². The number of fused-ring (bicyclic) bond motifs is 3. The van der Waals surface area contributed by atoms with E-state index in [2.05, 4.69) is 79.8 Å². The molecular weight excluding hydrogens is 430 g/mol. The SMILES string of the molecule is C[SiH]C.[Cl-].[Cl-].[Zr+3].c1ccc2c(c1)Cc1c-2cccc1-[c-]1cccc1. The Balaban J connectivity index is 0.000000827. The van der Waals surface area contributed by atoms with E-state index >= 15 is 0 Å². The van der Waals surface area contributed by atoms with Crippen molar-refractivity contribution < 1.29 is 51.0 Å². The van der Waals surface area contributed by atoms with Crippen molar-refractivity contribution in [2.24, 2.45) is 0 Å². The Bertz CT molecular complexity index is 739. The molecular formula is C20H20Cl2SiZr. The van der Waals surface area contributed by atoms with Crippen molar-refractivity contribution in [2.45, 2.75) is 19.5 Å². The molecule has 4 heteroatoms. The number of hydrogen-bond acceptors (Lipinski definition) is 0. The third kappa shape index (κ3) is 4.76. The zero-order chi connectivity index (χ0) is 14.7. The van der Waals surface area contributed by atoms with Crippen molar-refractivity contribution in [1.29, 1.82) is 0 Å². The van der Waals surface area contributed by atoms with Crippen LogP contribution < -0.4 is 24.8 Å². The molecule has 0 nitrogen and oxygen atoms in total. The van der Waals surface area contributed by atoms with Crippen LogP contribution in [-0.2, 0) is 32.6 Å². The molecule has 0 fully saturated rings. The van der Waals surface area contributed by atoms with Gasteiger partial charge in [-0.15, -0.1) is 23.8 Å². The van der Waals surface area contributed by atoms with Crippen molar-refractivity contribution in [3.63, 3.8) is 0 Å². The molecule has 2 radical (unpaired) electrons. The third-order valence-corrected chi connectivity index (χ3v) is 3.82. The first-order chi connectivity index (χ1) is 10.3. The van der Waals surface area contributed by atoms with Gasteiger partial charge in [-0.25, -0.2) is 0 Å². The quantitative estimate of drug-likeness (QED) is 0.262. The van der Waals surface area contributed by atoms with Gasteiger partial charge in [-0.3, -0.25) is 0 Å². The standard InChI is InChI=1S/C18H13.C2H7Si.2ClH.Zr/c1-2-7-13(6-1)15-10-5-11-17-16-9-4-3-8-14(16)12-18(15)17;1-3-2;;;/h1-11H,12H2;3H,1-2H3;2*1H;/q-1;;;;+3/p-2. The van der Waals surface area contributed by atoms with Crippen LogP contribution in [0.4, 0.5) is 0 Å². The maximum atomic E-state index is 2.24. The molecule has 0 saturated heterocycles. The summed E-state index contributed by atoms with van der Waals surface area (Å²) < 4.78 is 0. The average Bonchev–Trinajstić information content (AvgIpc) is 3.15. The molecule has 0 saturated carbocycles. The Labute approximate surface area is 179 Å². The van der Waals surface area contributed by atoms with E-state index in [1.165, 1.54) is 33.4 Å². The first-order valence-corrected chi connectivity index (χ1v) is 9.82. The molecule has 0 bridgehead atoms. The minimum Gasteiger partial charge on any atom is -1.00 e. The van der Waals surface area contributed by atoms with E-state index < -0.39 is 0 Å². The van der Waals surface area contributed by atoms with Gasteiger partial charge in [0, 0.05) is 9.52 Å². The van der Waals surface area contributed by atoms with Gasteiger partial charge in [-0.05, 0) is 23.1 Å². The van der Waals surface area contributed by atoms with Crippen LogP contribution in [0.1, 0.15) is 11.1 Å². The smallest absolute Gasteiger partial charge is 1.00 e. The number of hydrogen-bond donors (Lipinski definition) is 0. The largest absolute Gasteiger partial charge is 3.00 e. The predicted molar refractivity (Wildman–Crippen MR) is 94.6 cm³/mol. The van der Waals surface area contributed by atoms with Gasteiger partial charge in [-0.1, -0.05) is 60.6 Å². The van der Waals surface area contributed by atoms with E-state index in [1.54, 1.807) is 0 Å². The molecule has 0 amide bonds. The van der Waals surface area contributed by atoms with Crippen LogP contribution in [-0.4, -0.2) is 9.52 Å². The summed E-state index contributed by atoms with van der Waals surface area (Å²) in [6.45, 7) is 4.42. The normalized spacial score (nSPS) is 9.92. The molecule has 0 heterocycles. The van der Waals surface area contributed by atoms with Gasteiger partial charge in [0.05, 0.1) is 0 Å². The van der Waals surface area contributed by atoms with E-state index in [4.69, 9.17) is 0 Å². The van der Waals surface area contributed by atoms with Crippen LogP contribution in [0.15, 0.2) is 66.7 Å². The first-order valence-electron chi connectivity index (χ1n) is 7.51. The number of benzene rings is 2. The molecule has 0 aromatic heterocycles. The molecule has 0 N–H and O–H groups in total. The molecule has 0 aliphatic heterocycles. The van der Waals surface area contributed by atoms with Crippen LogP contribution in [0.5, 0.6) is 0 Å². The molecule has 1 aliphatic carbocycles. The van der Waals surface area contributed by atoms with Crippen LogP contribution in [0.2, 0.25) is 13.1 Å². The Morgan fingerprint density at radius 3 is 2.04 bits per heavy atom. The maximum absolute atomic E-state index is 2.24. The molecule has 0 spiro atoms. The van der Waals surface area contributed by atoms with Crippen molar-refractivity contribution in [3.05, 3.63) is 77.9 Å². The van der Waals surface area contributed by atoms with Gasteiger partial charge in [0.2, 0.25) is 0 Å². The molecule has 1 aliphatic rings. The second kappa shape index (κ2) is 11.2. The maximum Gasteiger partial charge on any atom is 3.00 e. The fourth-order valence-corrected chi connectivity index (χ4v) is 2.98. The zero-order valence-corrected chi connectivity index (χ0v) is 19.0. The van der Waals surface area contributed by atoms with Crippen LogP contribution in [0.25, 0.3) is 22.3 Å². The van der Waals surface area contributed by atoms with Crippen molar-refractivity contribution in [3.8, 4) is 22.3 Å². The Hall–Kier alpha value is -0.530. The van der Waals surface area contributed by atoms with Crippen molar-refractivity contribution in [2.75, 3.05) is 0 Å².